The fourth-order valence-electron chi connectivity index (χ4n) is 2.85. The maximum atomic E-state index is 12.2. The molecule has 0 spiro atoms. The first-order valence-electron chi connectivity index (χ1n) is 7.01. The van der Waals surface area contributed by atoms with Gasteiger partial charge >= 0.3 is 0 Å². The summed E-state index contributed by atoms with van der Waals surface area (Å²) in [7, 11) is 0. The van der Waals surface area contributed by atoms with Gasteiger partial charge < -0.3 is 10.6 Å². The van der Waals surface area contributed by atoms with E-state index in [-0.39, 0.29) is 6.04 Å². The summed E-state index contributed by atoms with van der Waals surface area (Å²) >= 11 is 0. The Balaban J connectivity index is 1.78. The SMILES string of the molecule is NC1CCCN(CC(=O)N2CCCCCC2)C1. The van der Waals surface area contributed by atoms with E-state index in [1.165, 1.54) is 25.7 Å². The lowest BCUT2D eigenvalue weighted by molar-refractivity contribution is -0.132. The fourth-order valence-corrected chi connectivity index (χ4v) is 2.85. The number of amides is 1. The van der Waals surface area contributed by atoms with E-state index in [2.05, 4.69) is 4.90 Å². The molecule has 2 rings (SSSR count). The lowest BCUT2D eigenvalue weighted by atomic mass is 10.1. The smallest absolute Gasteiger partial charge is 0.236 e. The maximum absolute atomic E-state index is 12.2. The van der Waals surface area contributed by atoms with Crippen LogP contribution in [-0.2, 0) is 4.79 Å². The Bertz CT molecular complexity index is 249. The number of carbonyl (C=O) groups is 1. The van der Waals surface area contributed by atoms with Gasteiger partial charge in [-0.3, -0.25) is 9.69 Å². The molecule has 0 saturated carbocycles. The Labute approximate surface area is 104 Å². The monoisotopic (exact) mass is 239 g/mol. The maximum Gasteiger partial charge on any atom is 0.236 e. The number of nitrogens with zero attached hydrogens (tertiary/aromatic N) is 2. The van der Waals surface area contributed by atoms with Gasteiger partial charge in [0.1, 0.15) is 0 Å². The molecule has 0 aliphatic carbocycles. The van der Waals surface area contributed by atoms with Gasteiger partial charge in [0.25, 0.3) is 0 Å². The Morgan fingerprint density at radius 1 is 1.06 bits per heavy atom. The third-order valence-electron chi connectivity index (χ3n) is 3.86. The summed E-state index contributed by atoms with van der Waals surface area (Å²) in [5.74, 6) is 0.306. The lowest BCUT2D eigenvalue weighted by Crippen LogP contribution is -2.48. The van der Waals surface area contributed by atoms with E-state index in [1.54, 1.807) is 0 Å². The molecule has 1 atom stereocenters. The second-order valence-electron chi connectivity index (χ2n) is 5.43. The van der Waals surface area contributed by atoms with Gasteiger partial charge in [-0.05, 0) is 32.2 Å². The van der Waals surface area contributed by atoms with Crippen LogP contribution in [0.3, 0.4) is 0 Å². The largest absolute Gasteiger partial charge is 0.342 e. The van der Waals surface area contributed by atoms with Crippen LogP contribution in [0.15, 0.2) is 0 Å². The molecule has 2 saturated heterocycles. The molecular formula is C13H25N3O. The third-order valence-corrected chi connectivity index (χ3v) is 3.86. The molecule has 4 heteroatoms. The molecule has 4 nitrogen and oxygen atoms in total. The first-order valence-corrected chi connectivity index (χ1v) is 7.01. The molecule has 0 aromatic rings. The van der Waals surface area contributed by atoms with Crippen molar-refractivity contribution in [2.24, 2.45) is 5.73 Å². The zero-order valence-corrected chi connectivity index (χ0v) is 10.7. The molecule has 2 heterocycles. The highest BCUT2D eigenvalue weighted by Crippen LogP contribution is 2.12. The number of rotatable bonds is 2. The Morgan fingerprint density at radius 3 is 2.41 bits per heavy atom. The first kappa shape index (κ1) is 12.8. The van der Waals surface area contributed by atoms with E-state index in [1.807, 2.05) is 4.90 Å². The third kappa shape index (κ3) is 3.96. The molecule has 2 aliphatic rings. The van der Waals surface area contributed by atoms with Crippen molar-refractivity contribution in [1.29, 1.82) is 0 Å². The average molecular weight is 239 g/mol. The molecule has 1 amide bonds. The van der Waals surface area contributed by atoms with Gasteiger partial charge in [0, 0.05) is 25.7 Å². The van der Waals surface area contributed by atoms with Gasteiger partial charge in [0.05, 0.1) is 6.54 Å². The number of hydrogen-bond acceptors (Lipinski definition) is 3. The molecule has 1 unspecified atom stereocenters. The summed E-state index contributed by atoms with van der Waals surface area (Å²) in [6.07, 6.45) is 7.14. The van der Waals surface area contributed by atoms with Crippen LogP contribution in [0.5, 0.6) is 0 Å². The zero-order valence-electron chi connectivity index (χ0n) is 10.7. The van der Waals surface area contributed by atoms with E-state index in [4.69, 9.17) is 5.73 Å². The number of carbonyl (C=O) groups excluding carboxylic acids is 1. The standard InChI is InChI=1S/C13H25N3O/c14-12-6-5-7-15(10-12)11-13(17)16-8-3-1-2-4-9-16/h12H,1-11,14H2. The minimum absolute atomic E-state index is 0.265. The number of hydrogen-bond donors (Lipinski definition) is 1. The van der Waals surface area contributed by atoms with Crippen molar-refractivity contribution in [2.75, 3.05) is 32.7 Å². The van der Waals surface area contributed by atoms with Crippen LogP contribution in [0.4, 0.5) is 0 Å². The molecule has 2 N–H and O–H groups in total. The van der Waals surface area contributed by atoms with Crippen molar-refractivity contribution < 1.29 is 4.79 Å². The van der Waals surface area contributed by atoms with E-state index >= 15 is 0 Å². The number of nitrogens with two attached hydrogens (primary N) is 1. The fraction of sp³-hybridized carbons (Fsp3) is 0.923. The molecule has 0 radical (unpaired) electrons. The van der Waals surface area contributed by atoms with Gasteiger partial charge in [-0.25, -0.2) is 0 Å². The van der Waals surface area contributed by atoms with Crippen LogP contribution >= 0.6 is 0 Å². The second kappa shape index (κ2) is 6.36. The lowest BCUT2D eigenvalue weighted by Gasteiger charge is -2.32. The molecule has 98 valence electrons. The zero-order chi connectivity index (χ0) is 12.1. The predicted octanol–water partition coefficient (Wildman–Crippen LogP) is 0.812. The van der Waals surface area contributed by atoms with Crippen molar-refractivity contribution in [1.82, 2.24) is 9.80 Å². The quantitative estimate of drug-likeness (QED) is 0.776. The summed E-state index contributed by atoms with van der Waals surface area (Å²) in [4.78, 5) is 16.4. The van der Waals surface area contributed by atoms with E-state index in [9.17, 15) is 4.79 Å². The van der Waals surface area contributed by atoms with Gasteiger partial charge in [-0.2, -0.15) is 0 Å². The molecule has 2 fully saturated rings. The Morgan fingerprint density at radius 2 is 1.76 bits per heavy atom. The molecule has 2 aliphatic heterocycles. The summed E-state index contributed by atoms with van der Waals surface area (Å²) in [5.41, 5.74) is 5.94. The summed E-state index contributed by atoms with van der Waals surface area (Å²) in [6.45, 7) is 4.41. The Hall–Kier alpha value is -0.610. The minimum Gasteiger partial charge on any atom is -0.342 e. The van der Waals surface area contributed by atoms with Crippen molar-refractivity contribution in [3.8, 4) is 0 Å². The van der Waals surface area contributed by atoms with Crippen molar-refractivity contribution in [3.05, 3.63) is 0 Å². The van der Waals surface area contributed by atoms with Crippen LogP contribution in [0, 0.1) is 0 Å². The first-order chi connectivity index (χ1) is 8.25. The van der Waals surface area contributed by atoms with E-state index in [0.717, 1.165) is 39.0 Å². The highest BCUT2D eigenvalue weighted by molar-refractivity contribution is 5.78. The van der Waals surface area contributed by atoms with Gasteiger partial charge in [-0.15, -0.1) is 0 Å². The van der Waals surface area contributed by atoms with E-state index in [0.29, 0.717) is 12.5 Å². The summed E-state index contributed by atoms with van der Waals surface area (Å²) < 4.78 is 0. The second-order valence-corrected chi connectivity index (χ2v) is 5.43. The number of likely N-dealkylation sites (tertiary alicyclic amines) is 2. The van der Waals surface area contributed by atoms with Crippen LogP contribution in [0.25, 0.3) is 0 Å². The highest BCUT2D eigenvalue weighted by atomic mass is 16.2. The molecule has 0 bridgehead atoms. The molecule has 0 aromatic carbocycles. The normalized spacial score (nSPS) is 27.8. The molecule has 17 heavy (non-hydrogen) atoms. The summed E-state index contributed by atoms with van der Waals surface area (Å²) in [6, 6.07) is 0.265. The molecule has 0 aromatic heterocycles. The summed E-state index contributed by atoms with van der Waals surface area (Å²) in [5, 5.41) is 0. The Kier molecular flexibility index (Phi) is 4.80. The van der Waals surface area contributed by atoms with Crippen LogP contribution in [0.2, 0.25) is 0 Å². The van der Waals surface area contributed by atoms with Crippen molar-refractivity contribution in [3.63, 3.8) is 0 Å². The van der Waals surface area contributed by atoms with Gasteiger partial charge in [0.15, 0.2) is 0 Å². The number of piperidine rings is 1. The molecular weight excluding hydrogens is 214 g/mol. The van der Waals surface area contributed by atoms with Gasteiger partial charge in [0.2, 0.25) is 5.91 Å². The van der Waals surface area contributed by atoms with Gasteiger partial charge in [-0.1, -0.05) is 12.8 Å². The highest BCUT2D eigenvalue weighted by Gasteiger charge is 2.22. The predicted molar refractivity (Wildman–Crippen MR) is 68.7 cm³/mol. The van der Waals surface area contributed by atoms with Crippen molar-refractivity contribution in [2.45, 2.75) is 44.6 Å². The van der Waals surface area contributed by atoms with Crippen LogP contribution < -0.4 is 5.73 Å². The average Bonchev–Trinajstić information content (AvgIpc) is 2.57. The minimum atomic E-state index is 0.265. The topological polar surface area (TPSA) is 49.6 Å². The van der Waals surface area contributed by atoms with Crippen molar-refractivity contribution >= 4 is 5.91 Å². The van der Waals surface area contributed by atoms with E-state index < -0.39 is 0 Å². The van der Waals surface area contributed by atoms with Crippen LogP contribution in [-0.4, -0.2) is 54.5 Å². The van der Waals surface area contributed by atoms with Crippen LogP contribution in [0.1, 0.15) is 38.5 Å².